The lowest BCUT2D eigenvalue weighted by Crippen LogP contribution is -2.31. The largest absolute Gasteiger partial charge is 0.467 e. The van der Waals surface area contributed by atoms with Gasteiger partial charge in [0.1, 0.15) is 11.9 Å². The summed E-state index contributed by atoms with van der Waals surface area (Å²) >= 11 is 0. The number of aliphatic hydroxyl groups is 1. The third-order valence-corrected chi connectivity index (χ3v) is 3.79. The van der Waals surface area contributed by atoms with Crippen LogP contribution >= 0.6 is 0 Å². The zero-order valence-corrected chi connectivity index (χ0v) is 13.0. The molecule has 23 heavy (non-hydrogen) atoms. The Morgan fingerprint density at radius 1 is 1.17 bits per heavy atom. The third-order valence-electron chi connectivity index (χ3n) is 3.79. The van der Waals surface area contributed by atoms with E-state index in [1.807, 2.05) is 35.3 Å². The van der Waals surface area contributed by atoms with E-state index in [1.165, 1.54) is 5.56 Å². The van der Waals surface area contributed by atoms with Crippen LogP contribution in [0.15, 0.2) is 71.9 Å². The molecule has 0 spiro atoms. The van der Waals surface area contributed by atoms with Crippen LogP contribution in [-0.2, 0) is 13.1 Å². The van der Waals surface area contributed by atoms with Crippen molar-refractivity contribution in [3.63, 3.8) is 0 Å². The zero-order chi connectivity index (χ0) is 15.9. The van der Waals surface area contributed by atoms with Gasteiger partial charge in [0.15, 0.2) is 0 Å². The summed E-state index contributed by atoms with van der Waals surface area (Å²) in [5.41, 5.74) is 1.23. The molecular weight excluding hydrogens is 290 g/mol. The van der Waals surface area contributed by atoms with E-state index in [0.29, 0.717) is 12.3 Å². The molecule has 0 fully saturated rings. The Kier molecular flexibility index (Phi) is 5.24. The standard InChI is InChI=1S/C18H21N3O2/c22-17(18-7-4-12-23-18)14-21(11-10-20-9-8-19-15-20)13-16-5-2-1-3-6-16/h1-9,12,15,17,22H,10-11,13-14H2. The lowest BCUT2D eigenvalue weighted by atomic mass is 10.2. The highest BCUT2D eigenvalue weighted by Crippen LogP contribution is 2.16. The van der Waals surface area contributed by atoms with E-state index in [0.717, 1.165) is 19.6 Å². The molecule has 0 aliphatic carbocycles. The topological polar surface area (TPSA) is 54.4 Å². The van der Waals surface area contributed by atoms with Crippen molar-refractivity contribution in [3.05, 3.63) is 78.8 Å². The van der Waals surface area contributed by atoms with Crippen molar-refractivity contribution in [3.8, 4) is 0 Å². The molecule has 2 heterocycles. The van der Waals surface area contributed by atoms with Gasteiger partial charge in [-0.25, -0.2) is 4.98 Å². The molecule has 3 rings (SSSR count). The molecule has 0 amide bonds. The molecule has 1 aromatic carbocycles. The van der Waals surface area contributed by atoms with Crippen molar-refractivity contribution in [1.82, 2.24) is 14.5 Å². The summed E-state index contributed by atoms with van der Waals surface area (Å²) in [5, 5.41) is 10.4. The Hall–Kier alpha value is -2.37. The van der Waals surface area contributed by atoms with Gasteiger partial charge in [-0.15, -0.1) is 0 Å². The maximum Gasteiger partial charge on any atom is 0.133 e. The van der Waals surface area contributed by atoms with Crippen molar-refractivity contribution < 1.29 is 9.52 Å². The summed E-state index contributed by atoms with van der Waals surface area (Å²) in [6.07, 6.45) is 6.49. The van der Waals surface area contributed by atoms with Gasteiger partial charge in [-0.05, 0) is 17.7 Å². The lowest BCUT2D eigenvalue weighted by molar-refractivity contribution is 0.0890. The number of nitrogens with zero attached hydrogens (tertiary/aromatic N) is 3. The van der Waals surface area contributed by atoms with Gasteiger partial charge in [-0.3, -0.25) is 4.90 Å². The number of benzene rings is 1. The van der Waals surface area contributed by atoms with Crippen LogP contribution in [0.4, 0.5) is 0 Å². The summed E-state index contributed by atoms with van der Waals surface area (Å²) in [4.78, 5) is 6.29. The first-order valence-corrected chi connectivity index (χ1v) is 7.75. The molecule has 0 saturated heterocycles. The van der Waals surface area contributed by atoms with E-state index in [4.69, 9.17) is 4.42 Å². The van der Waals surface area contributed by atoms with E-state index in [2.05, 4.69) is 22.0 Å². The first-order chi connectivity index (χ1) is 11.3. The Morgan fingerprint density at radius 3 is 2.74 bits per heavy atom. The normalized spacial score (nSPS) is 12.6. The summed E-state index contributed by atoms with van der Waals surface area (Å²) in [6.45, 7) is 2.96. The van der Waals surface area contributed by atoms with Crippen LogP contribution in [0, 0.1) is 0 Å². The van der Waals surface area contributed by atoms with Crippen molar-refractivity contribution in [2.45, 2.75) is 19.2 Å². The first-order valence-electron chi connectivity index (χ1n) is 7.75. The van der Waals surface area contributed by atoms with Gasteiger partial charge >= 0.3 is 0 Å². The van der Waals surface area contributed by atoms with Crippen LogP contribution in [0.2, 0.25) is 0 Å². The smallest absolute Gasteiger partial charge is 0.133 e. The molecule has 5 heteroatoms. The number of aliphatic hydroxyl groups excluding tert-OH is 1. The monoisotopic (exact) mass is 311 g/mol. The second-order valence-electron chi connectivity index (χ2n) is 5.55. The quantitative estimate of drug-likeness (QED) is 0.695. The summed E-state index contributed by atoms with van der Waals surface area (Å²) in [5.74, 6) is 0.602. The highest BCUT2D eigenvalue weighted by atomic mass is 16.4. The highest BCUT2D eigenvalue weighted by molar-refractivity contribution is 5.14. The fraction of sp³-hybridized carbons (Fsp3) is 0.278. The van der Waals surface area contributed by atoms with Crippen LogP contribution in [0.3, 0.4) is 0 Å². The molecule has 0 radical (unpaired) electrons. The van der Waals surface area contributed by atoms with Gasteiger partial charge in [0, 0.05) is 38.6 Å². The molecule has 3 aromatic rings. The number of hydrogen-bond donors (Lipinski definition) is 1. The van der Waals surface area contributed by atoms with Gasteiger partial charge in [-0.1, -0.05) is 30.3 Å². The zero-order valence-electron chi connectivity index (χ0n) is 13.0. The van der Waals surface area contributed by atoms with E-state index in [9.17, 15) is 5.11 Å². The maximum atomic E-state index is 10.4. The second kappa shape index (κ2) is 7.76. The summed E-state index contributed by atoms with van der Waals surface area (Å²) < 4.78 is 7.34. The molecule has 1 atom stereocenters. The van der Waals surface area contributed by atoms with Crippen LogP contribution < -0.4 is 0 Å². The molecule has 120 valence electrons. The maximum absolute atomic E-state index is 10.4. The second-order valence-corrected chi connectivity index (χ2v) is 5.55. The van der Waals surface area contributed by atoms with E-state index >= 15 is 0 Å². The Morgan fingerprint density at radius 2 is 2.04 bits per heavy atom. The van der Waals surface area contributed by atoms with E-state index in [-0.39, 0.29) is 0 Å². The number of rotatable bonds is 8. The molecule has 5 nitrogen and oxygen atoms in total. The predicted molar refractivity (Wildman–Crippen MR) is 87.6 cm³/mol. The first kappa shape index (κ1) is 15.5. The van der Waals surface area contributed by atoms with Gasteiger partial charge in [0.2, 0.25) is 0 Å². The molecule has 0 aliphatic heterocycles. The van der Waals surface area contributed by atoms with E-state index in [1.54, 1.807) is 24.6 Å². The molecule has 1 N–H and O–H groups in total. The van der Waals surface area contributed by atoms with Gasteiger partial charge in [0.05, 0.1) is 12.6 Å². The van der Waals surface area contributed by atoms with E-state index < -0.39 is 6.10 Å². The third kappa shape index (κ3) is 4.55. The fourth-order valence-corrected chi connectivity index (χ4v) is 2.57. The number of aromatic nitrogens is 2. The minimum Gasteiger partial charge on any atom is -0.467 e. The molecule has 0 saturated carbocycles. The molecular formula is C18H21N3O2. The molecule has 0 aliphatic rings. The molecule has 1 unspecified atom stereocenters. The molecule has 0 bridgehead atoms. The average molecular weight is 311 g/mol. The number of imidazole rings is 1. The Balaban J connectivity index is 1.64. The van der Waals surface area contributed by atoms with Crippen LogP contribution in [-0.4, -0.2) is 32.6 Å². The lowest BCUT2D eigenvalue weighted by Gasteiger charge is -2.24. The van der Waals surface area contributed by atoms with Crippen molar-refractivity contribution >= 4 is 0 Å². The van der Waals surface area contributed by atoms with Crippen molar-refractivity contribution in [2.24, 2.45) is 0 Å². The van der Waals surface area contributed by atoms with Crippen molar-refractivity contribution in [2.75, 3.05) is 13.1 Å². The Labute approximate surface area is 135 Å². The van der Waals surface area contributed by atoms with Crippen LogP contribution in [0.5, 0.6) is 0 Å². The SMILES string of the molecule is OC(CN(CCn1ccnc1)Cc1ccccc1)c1ccco1. The minimum absolute atomic E-state index is 0.525. The Bertz CT molecular complexity index is 666. The minimum atomic E-state index is -0.628. The predicted octanol–water partition coefficient (Wildman–Crippen LogP) is 2.71. The van der Waals surface area contributed by atoms with Gasteiger partial charge in [0.25, 0.3) is 0 Å². The number of hydrogen-bond acceptors (Lipinski definition) is 4. The van der Waals surface area contributed by atoms with Gasteiger partial charge in [-0.2, -0.15) is 0 Å². The summed E-state index contributed by atoms with van der Waals surface area (Å²) in [7, 11) is 0. The average Bonchev–Trinajstić information content (AvgIpc) is 3.27. The molecule has 2 aromatic heterocycles. The highest BCUT2D eigenvalue weighted by Gasteiger charge is 2.16. The van der Waals surface area contributed by atoms with Crippen LogP contribution in [0.25, 0.3) is 0 Å². The van der Waals surface area contributed by atoms with Crippen molar-refractivity contribution in [1.29, 1.82) is 0 Å². The summed E-state index contributed by atoms with van der Waals surface area (Å²) in [6, 6.07) is 13.9. The fourth-order valence-electron chi connectivity index (χ4n) is 2.57. The van der Waals surface area contributed by atoms with Crippen LogP contribution in [0.1, 0.15) is 17.4 Å². The number of furan rings is 1. The van der Waals surface area contributed by atoms with Gasteiger partial charge < -0.3 is 14.1 Å².